The van der Waals surface area contributed by atoms with Crippen molar-refractivity contribution in [2.45, 2.75) is 24.9 Å². The molecule has 4 atom stereocenters. The van der Waals surface area contributed by atoms with Gasteiger partial charge < -0.3 is 31.3 Å². The molecule has 0 heterocycles. The molecule has 0 saturated heterocycles. The molecule has 0 aromatic rings. The Balaban J connectivity index is 0.000000483. The van der Waals surface area contributed by atoms with E-state index in [4.69, 9.17) is 11.5 Å². The van der Waals surface area contributed by atoms with Gasteiger partial charge in [0.15, 0.2) is 11.6 Å². The zero-order valence-electron chi connectivity index (χ0n) is 14.7. The number of hydrogen-bond donors (Lipinski definition) is 2. The smallest absolute Gasteiger partial charge is 0.548 e. The van der Waals surface area contributed by atoms with E-state index in [-0.39, 0.29) is 62.1 Å². The van der Waals surface area contributed by atoms with Crippen LogP contribution in [0.1, 0.15) is 12.8 Å². The average molecular weight is 400 g/mol. The van der Waals surface area contributed by atoms with Crippen molar-refractivity contribution in [3.05, 3.63) is 48.6 Å². The molecule has 2 unspecified atom stereocenters. The SMILES string of the molecule is N[C@@H](CC1C=CC=CC1=O)C(=O)[O-].N[C@@H](CC1C=CC=CC1=O)C(=O)[O-].[Ca+2]. The molecule has 0 spiro atoms. The molecular formula is C18H20CaN2O6. The Morgan fingerprint density at radius 3 is 1.41 bits per heavy atom. The predicted molar refractivity (Wildman–Crippen MR) is 94.5 cm³/mol. The zero-order chi connectivity index (χ0) is 19.7. The van der Waals surface area contributed by atoms with Crippen LogP contribution in [-0.4, -0.2) is 73.3 Å². The van der Waals surface area contributed by atoms with Crippen molar-refractivity contribution >= 4 is 61.2 Å². The number of carboxylic acid groups (broad SMARTS) is 2. The van der Waals surface area contributed by atoms with Gasteiger partial charge in [-0.05, 0) is 25.0 Å². The van der Waals surface area contributed by atoms with Crippen molar-refractivity contribution < 1.29 is 29.4 Å². The van der Waals surface area contributed by atoms with E-state index in [1.165, 1.54) is 12.2 Å². The average Bonchev–Trinajstić information content (AvgIpc) is 2.59. The molecule has 27 heavy (non-hydrogen) atoms. The fourth-order valence-electron chi connectivity index (χ4n) is 2.26. The largest absolute Gasteiger partial charge is 2.00 e. The number of rotatable bonds is 6. The van der Waals surface area contributed by atoms with Gasteiger partial charge in [-0.25, -0.2) is 0 Å². The van der Waals surface area contributed by atoms with Gasteiger partial charge in [-0.3, -0.25) is 9.59 Å². The van der Waals surface area contributed by atoms with E-state index in [1.54, 1.807) is 36.5 Å². The number of hydrogen-bond acceptors (Lipinski definition) is 8. The van der Waals surface area contributed by atoms with E-state index in [0.29, 0.717) is 0 Å². The molecule has 0 amide bonds. The number of aliphatic carboxylic acids is 2. The summed E-state index contributed by atoms with van der Waals surface area (Å²) in [5.41, 5.74) is 10.5. The van der Waals surface area contributed by atoms with Crippen LogP contribution in [0, 0.1) is 11.8 Å². The van der Waals surface area contributed by atoms with Crippen LogP contribution >= 0.6 is 0 Å². The van der Waals surface area contributed by atoms with Gasteiger partial charge in [0.05, 0.1) is 11.9 Å². The summed E-state index contributed by atoms with van der Waals surface area (Å²) in [6, 6.07) is -2.16. The standard InChI is InChI=1S/2C9H11NO3.Ca/c2*10-7(9(12)13)5-6-3-1-2-4-8(6)11;/h2*1-4,6-7H,5,10H2,(H,12,13);/q;;+2/p-2/t2*6?,7-;/m00./s1. The molecule has 8 nitrogen and oxygen atoms in total. The van der Waals surface area contributed by atoms with Gasteiger partial charge in [-0.2, -0.15) is 0 Å². The summed E-state index contributed by atoms with van der Waals surface area (Å²) in [5.74, 6) is -3.71. The molecule has 0 aliphatic heterocycles. The van der Waals surface area contributed by atoms with Gasteiger partial charge in [0, 0.05) is 23.9 Å². The van der Waals surface area contributed by atoms with Crippen molar-refractivity contribution in [2.24, 2.45) is 23.3 Å². The molecule has 0 aromatic carbocycles. The van der Waals surface area contributed by atoms with Crippen LogP contribution in [-0.2, 0) is 19.2 Å². The van der Waals surface area contributed by atoms with Gasteiger partial charge >= 0.3 is 37.7 Å². The molecule has 4 N–H and O–H groups in total. The summed E-state index contributed by atoms with van der Waals surface area (Å²) in [6.45, 7) is 0. The van der Waals surface area contributed by atoms with Crippen LogP contribution < -0.4 is 21.7 Å². The molecule has 2 rings (SSSR count). The van der Waals surface area contributed by atoms with Crippen LogP contribution in [0.25, 0.3) is 0 Å². The third-order valence-corrected chi connectivity index (χ3v) is 3.78. The van der Waals surface area contributed by atoms with E-state index in [9.17, 15) is 29.4 Å². The van der Waals surface area contributed by atoms with Crippen LogP contribution in [0.4, 0.5) is 0 Å². The quantitative estimate of drug-likeness (QED) is 0.449. The summed E-state index contributed by atoms with van der Waals surface area (Å²) in [6.07, 6.45) is 12.9. The van der Waals surface area contributed by atoms with Gasteiger partial charge in [-0.15, -0.1) is 0 Å². The van der Waals surface area contributed by atoms with E-state index in [1.807, 2.05) is 0 Å². The third-order valence-electron chi connectivity index (χ3n) is 3.78. The molecule has 2 aliphatic rings. The number of allylic oxidation sites excluding steroid dienone is 8. The minimum atomic E-state index is -1.32. The minimum absolute atomic E-state index is 0. The summed E-state index contributed by atoms with van der Waals surface area (Å²) in [4.78, 5) is 42.9. The van der Waals surface area contributed by atoms with Crippen LogP contribution in [0.2, 0.25) is 0 Å². The summed E-state index contributed by atoms with van der Waals surface area (Å²) in [5, 5.41) is 20.6. The normalized spacial score (nSPS) is 22.3. The van der Waals surface area contributed by atoms with Gasteiger partial charge in [0.2, 0.25) is 0 Å². The maximum absolute atomic E-state index is 11.1. The van der Waals surface area contributed by atoms with E-state index in [0.717, 1.165) is 0 Å². The molecule has 0 bridgehead atoms. The van der Waals surface area contributed by atoms with Crippen molar-refractivity contribution in [1.82, 2.24) is 0 Å². The first-order valence-electron chi connectivity index (χ1n) is 7.92. The maximum Gasteiger partial charge on any atom is 2.00 e. The summed E-state index contributed by atoms with van der Waals surface area (Å²) in [7, 11) is 0. The van der Waals surface area contributed by atoms with Crippen molar-refractivity contribution in [3.63, 3.8) is 0 Å². The topological polar surface area (TPSA) is 166 Å². The zero-order valence-corrected chi connectivity index (χ0v) is 16.9. The molecule has 0 fully saturated rings. The summed E-state index contributed by atoms with van der Waals surface area (Å²) >= 11 is 0. The van der Waals surface area contributed by atoms with Crippen molar-refractivity contribution in [3.8, 4) is 0 Å². The van der Waals surface area contributed by atoms with Gasteiger partial charge in [0.1, 0.15) is 0 Å². The number of nitrogens with two attached hydrogens (primary N) is 2. The number of carbonyl (C=O) groups excluding carboxylic acids is 4. The Labute approximate surface area is 186 Å². The second-order valence-corrected chi connectivity index (χ2v) is 5.83. The van der Waals surface area contributed by atoms with Crippen molar-refractivity contribution in [1.29, 1.82) is 0 Å². The maximum atomic E-state index is 11.1. The van der Waals surface area contributed by atoms with Gasteiger partial charge in [0.25, 0.3) is 0 Å². The first kappa shape index (κ1) is 25.4. The first-order chi connectivity index (χ1) is 12.2. The van der Waals surface area contributed by atoms with E-state index < -0.39 is 35.9 Å². The van der Waals surface area contributed by atoms with Crippen molar-refractivity contribution in [2.75, 3.05) is 0 Å². The molecule has 0 aromatic heterocycles. The Bertz CT molecular complexity index is 625. The summed E-state index contributed by atoms with van der Waals surface area (Å²) < 4.78 is 0. The molecular weight excluding hydrogens is 380 g/mol. The minimum Gasteiger partial charge on any atom is -0.548 e. The molecule has 0 radical (unpaired) electrons. The molecule has 140 valence electrons. The Kier molecular flexibility index (Phi) is 12.0. The second-order valence-electron chi connectivity index (χ2n) is 5.83. The monoisotopic (exact) mass is 400 g/mol. The fourth-order valence-corrected chi connectivity index (χ4v) is 2.26. The Hall–Kier alpha value is -1.58. The molecule has 2 aliphatic carbocycles. The number of carbonyl (C=O) groups is 4. The van der Waals surface area contributed by atoms with E-state index >= 15 is 0 Å². The van der Waals surface area contributed by atoms with Crippen LogP contribution in [0.5, 0.6) is 0 Å². The third kappa shape index (κ3) is 9.25. The fraction of sp³-hybridized carbons (Fsp3) is 0.333. The molecule has 9 heteroatoms. The van der Waals surface area contributed by atoms with E-state index in [2.05, 4.69) is 0 Å². The Morgan fingerprint density at radius 2 is 1.15 bits per heavy atom. The first-order valence-corrected chi connectivity index (χ1v) is 7.92. The number of carboxylic acids is 2. The Morgan fingerprint density at radius 1 is 0.815 bits per heavy atom. The second kappa shape index (κ2) is 12.7. The molecule has 0 saturated carbocycles. The number of ketones is 2. The van der Waals surface area contributed by atoms with Gasteiger partial charge in [-0.1, -0.05) is 36.5 Å². The predicted octanol–water partition coefficient (Wildman–Crippen LogP) is -2.85. The van der Waals surface area contributed by atoms with Crippen LogP contribution in [0.15, 0.2) is 48.6 Å². The van der Waals surface area contributed by atoms with Crippen LogP contribution in [0.3, 0.4) is 0 Å².